The summed E-state index contributed by atoms with van der Waals surface area (Å²) >= 11 is 5.96. The van der Waals surface area contributed by atoms with E-state index in [2.05, 4.69) is 10.6 Å². The van der Waals surface area contributed by atoms with Gasteiger partial charge in [0.25, 0.3) is 5.91 Å². The van der Waals surface area contributed by atoms with Crippen molar-refractivity contribution in [3.05, 3.63) is 64.2 Å². The molecule has 0 spiro atoms. The predicted octanol–water partition coefficient (Wildman–Crippen LogP) is 3.72. The fraction of sp³-hybridized carbons (Fsp3) is 0.222. The van der Waals surface area contributed by atoms with Crippen molar-refractivity contribution in [2.45, 2.75) is 20.3 Å². The van der Waals surface area contributed by atoms with Crippen molar-refractivity contribution in [3.8, 4) is 0 Å². The first-order valence-corrected chi connectivity index (χ1v) is 7.75. The number of rotatable bonds is 5. The van der Waals surface area contributed by atoms with E-state index in [0.29, 0.717) is 10.6 Å². The number of anilines is 1. The maximum absolute atomic E-state index is 12.0. The molecule has 0 saturated carbocycles. The molecule has 0 bridgehead atoms. The minimum absolute atomic E-state index is 0.137. The molecule has 0 aromatic heterocycles. The molecule has 120 valence electrons. The van der Waals surface area contributed by atoms with Gasteiger partial charge in [0.2, 0.25) is 5.91 Å². The summed E-state index contributed by atoms with van der Waals surface area (Å²) < 4.78 is 0. The molecule has 0 aliphatic heterocycles. The summed E-state index contributed by atoms with van der Waals surface area (Å²) in [7, 11) is 0. The highest BCUT2D eigenvalue weighted by Gasteiger charge is 2.11. The molecule has 5 heteroatoms. The molecule has 0 radical (unpaired) electrons. The van der Waals surface area contributed by atoms with Crippen LogP contribution in [0, 0.1) is 13.8 Å². The minimum Gasteiger partial charge on any atom is -0.351 e. The van der Waals surface area contributed by atoms with E-state index >= 15 is 0 Å². The third-order valence-electron chi connectivity index (χ3n) is 3.50. The highest BCUT2D eigenvalue weighted by atomic mass is 35.5. The van der Waals surface area contributed by atoms with Gasteiger partial charge in [-0.1, -0.05) is 41.9 Å². The molecule has 2 amide bonds. The van der Waals surface area contributed by atoms with E-state index in [9.17, 15) is 9.59 Å². The number of halogens is 1. The van der Waals surface area contributed by atoms with E-state index in [4.69, 9.17) is 11.6 Å². The normalized spacial score (nSPS) is 10.2. The number of aryl methyl sites for hydroxylation is 2. The van der Waals surface area contributed by atoms with Crippen LogP contribution in [0.2, 0.25) is 5.02 Å². The van der Waals surface area contributed by atoms with Crippen LogP contribution >= 0.6 is 11.6 Å². The third-order valence-corrected chi connectivity index (χ3v) is 3.83. The summed E-state index contributed by atoms with van der Waals surface area (Å²) in [6.07, 6.45) is 0.198. The Morgan fingerprint density at radius 1 is 1.00 bits per heavy atom. The van der Waals surface area contributed by atoms with E-state index < -0.39 is 0 Å². The molecule has 2 aromatic carbocycles. The topological polar surface area (TPSA) is 58.2 Å². The Morgan fingerprint density at radius 2 is 1.65 bits per heavy atom. The number of para-hydroxylation sites is 1. The van der Waals surface area contributed by atoms with Crippen molar-refractivity contribution < 1.29 is 9.59 Å². The van der Waals surface area contributed by atoms with Crippen LogP contribution in [0.1, 0.15) is 27.9 Å². The monoisotopic (exact) mass is 330 g/mol. The Kier molecular flexibility index (Phi) is 5.77. The van der Waals surface area contributed by atoms with E-state index in [-0.39, 0.29) is 24.8 Å². The van der Waals surface area contributed by atoms with Crippen molar-refractivity contribution in [1.29, 1.82) is 0 Å². The van der Waals surface area contributed by atoms with Crippen molar-refractivity contribution in [2.75, 3.05) is 11.9 Å². The SMILES string of the molecule is Cc1cccc(C)c1NC(=O)CCNC(=O)c1ccccc1Cl. The van der Waals surface area contributed by atoms with E-state index in [1.807, 2.05) is 32.0 Å². The average molecular weight is 331 g/mol. The summed E-state index contributed by atoms with van der Waals surface area (Å²) in [6.45, 7) is 4.14. The lowest BCUT2D eigenvalue weighted by molar-refractivity contribution is -0.116. The molecule has 0 heterocycles. The molecule has 2 rings (SSSR count). The minimum atomic E-state index is -0.282. The Hall–Kier alpha value is -2.33. The Labute approximate surface area is 140 Å². The van der Waals surface area contributed by atoms with Gasteiger partial charge in [-0.2, -0.15) is 0 Å². The zero-order chi connectivity index (χ0) is 16.8. The molecule has 0 aliphatic rings. The zero-order valence-electron chi connectivity index (χ0n) is 13.2. The van der Waals surface area contributed by atoms with Crippen molar-refractivity contribution in [3.63, 3.8) is 0 Å². The standard InChI is InChI=1S/C18H19ClN2O2/c1-12-6-5-7-13(2)17(12)21-16(22)10-11-20-18(23)14-8-3-4-9-15(14)19/h3-9H,10-11H2,1-2H3,(H,20,23)(H,21,22). The maximum Gasteiger partial charge on any atom is 0.252 e. The molecule has 0 saturated heterocycles. The number of nitrogens with one attached hydrogen (secondary N) is 2. The number of carbonyl (C=O) groups excluding carboxylic acids is 2. The van der Waals surface area contributed by atoms with Crippen molar-refractivity contribution >= 4 is 29.1 Å². The number of carbonyl (C=O) groups is 2. The number of hydrogen-bond donors (Lipinski definition) is 2. The van der Waals surface area contributed by atoms with Crippen LogP contribution < -0.4 is 10.6 Å². The summed E-state index contributed by atoms with van der Waals surface area (Å²) in [5.41, 5.74) is 3.26. The molecule has 23 heavy (non-hydrogen) atoms. The Morgan fingerprint density at radius 3 is 2.30 bits per heavy atom. The van der Waals surface area contributed by atoms with E-state index in [0.717, 1.165) is 16.8 Å². The molecule has 2 aromatic rings. The fourth-order valence-electron chi connectivity index (χ4n) is 2.24. The Bertz CT molecular complexity index is 708. The van der Waals surface area contributed by atoms with Gasteiger partial charge in [0, 0.05) is 18.7 Å². The number of benzene rings is 2. The van der Waals surface area contributed by atoms with E-state index in [1.54, 1.807) is 24.3 Å². The van der Waals surface area contributed by atoms with Crippen LogP contribution in [0.25, 0.3) is 0 Å². The van der Waals surface area contributed by atoms with Gasteiger partial charge in [-0.05, 0) is 37.1 Å². The number of hydrogen-bond acceptors (Lipinski definition) is 2. The molecule has 2 N–H and O–H groups in total. The number of amides is 2. The second kappa shape index (κ2) is 7.79. The summed E-state index contributed by atoms with van der Waals surface area (Å²) in [6, 6.07) is 12.7. The summed E-state index contributed by atoms with van der Waals surface area (Å²) in [5.74, 6) is -0.419. The fourth-order valence-corrected chi connectivity index (χ4v) is 2.47. The van der Waals surface area contributed by atoms with Gasteiger partial charge in [0.05, 0.1) is 10.6 Å². The molecule has 0 unspecified atom stereocenters. The highest BCUT2D eigenvalue weighted by molar-refractivity contribution is 6.33. The lowest BCUT2D eigenvalue weighted by Gasteiger charge is -2.12. The van der Waals surface area contributed by atoms with Crippen molar-refractivity contribution in [2.24, 2.45) is 0 Å². The first kappa shape index (κ1) is 17.0. The second-order valence-corrected chi connectivity index (χ2v) is 5.71. The van der Waals surface area contributed by atoms with Crippen LogP contribution in [-0.2, 0) is 4.79 Å². The Balaban J connectivity index is 1.86. The third kappa shape index (κ3) is 4.57. The molecular weight excluding hydrogens is 312 g/mol. The maximum atomic E-state index is 12.0. The van der Waals surface area contributed by atoms with Gasteiger partial charge in [-0.3, -0.25) is 9.59 Å². The van der Waals surface area contributed by atoms with Gasteiger partial charge in [-0.15, -0.1) is 0 Å². The van der Waals surface area contributed by atoms with Gasteiger partial charge in [0.15, 0.2) is 0 Å². The van der Waals surface area contributed by atoms with Gasteiger partial charge >= 0.3 is 0 Å². The largest absolute Gasteiger partial charge is 0.351 e. The molecule has 0 atom stereocenters. The first-order chi connectivity index (χ1) is 11.0. The second-order valence-electron chi connectivity index (χ2n) is 5.30. The highest BCUT2D eigenvalue weighted by Crippen LogP contribution is 2.19. The van der Waals surface area contributed by atoms with Crippen LogP contribution in [0.5, 0.6) is 0 Å². The average Bonchev–Trinajstić information content (AvgIpc) is 2.51. The summed E-state index contributed by atoms with van der Waals surface area (Å²) in [4.78, 5) is 24.0. The van der Waals surface area contributed by atoms with Crippen LogP contribution in [0.4, 0.5) is 5.69 Å². The molecular formula is C18H19ClN2O2. The van der Waals surface area contributed by atoms with E-state index in [1.165, 1.54) is 0 Å². The lowest BCUT2D eigenvalue weighted by Crippen LogP contribution is -2.28. The lowest BCUT2D eigenvalue weighted by atomic mass is 10.1. The zero-order valence-corrected chi connectivity index (χ0v) is 13.9. The van der Waals surface area contributed by atoms with Crippen molar-refractivity contribution in [1.82, 2.24) is 5.32 Å². The first-order valence-electron chi connectivity index (χ1n) is 7.38. The molecule has 4 nitrogen and oxygen atoms in total. The van der Waals surface area contributed by atoms with Crippen LogP contribution in [0.3, 0.4) is 0 Å². The van der Waals surface area contributed by atoms with Gasteiger partial charge in [0.1, 0.15) is 0 Å². The molecule has 0 fully saturated rings. The summed E-state index contributed by atoms with van der Waals surface area (Å²) in [5, 5.41) is 5.98. The van der Waals surface area contributed by atoms with Gasteiger partial charge in [-0.25, -0.2) is 0 Å². The van der Waals surface area contributed by atoms with Gasteiger partial charge < -0.3 is 10.6 Å². The quantitative estimate of drug-likeness (QED) is 0.878. The predicted molar refractivity (Wildman–Crippen MR) is 92.9 cm³/mol. The van der Waals surface area contributed by atoms with Crippen LogP contribution in [0.15, 0.2) is 42.5 Å². The molecule has 0 aliphatic carbocycles. The van der Waals surface area contributed by atoms with Crippen LogP contribution in [-0.4, -0.2) is 18.4 Å². The smallest absolute Gasteiger partial charge is 0.252 e.